The Labute approximate surface area is 174 Å². The maximum atomic E-state index is 13.0. The summed E-state index contributed by atoms with van der Waals surface area (Å²) in [7, 11) is 0. The smallest absolute Gasteiger partial charge is 0.253 e. The van der Waals surface area contributed by atoms with E-state index in [0.29, 0.717) is 49.4 Å². The van der Waals surface area contributed by atoms with Crippen molar-refractivity contribution in [2.24, 2.45) is 0 Å². The average molecular weight is 407 g/mol. The van der Waals surface area contributed by atoms with Crippen LogP contribution in [0.4, 0.5) is 0 Å². The minimum atomic E-state index is -0.556. The van der Waals surface area contributed by atoms with E-state index in [1.807, 2.05) is 50.1 Å². The van der Waals surface area contributed by atoms with E-state index < -0.39 is 5.60 Å². The molecule has 156 valence electrons. The summed E-state index contributed by atoms with van der Waals surface area (Å²) in [6.07, 6.45) is 5.00. The van der Waals surface area contributed by atoms with E-state index in [2.05, 4.69) is 15.1 Å². The van der Waals surface area contributed by atoms with Crippen LogP contribution in [0, 0.1) is 0 Å². The van der Waals surface area contributed by atoms with Crippen LogP contribution in [0.2, 0.25) is 0 Å². The number of hydrogen-bond donors (Lipinski definition) is 1. The molecule has 1 N–H and O–H groups in total. The molecule has 0 unspecified atom stereocenters. The van der Waals surface area contributed by atoms with Gasteiger partial charge in [0.1, 0.15) is 5.60 Å². The number of ether oxygens (including phenoxy) is 1. The number of likely N-dealkylation sites (tertiary alicyclic amines) is 1. The first-order valence-corrected chi connectivity index (χ1v) is 10.3. The molecule has 1 fully saturated rings. The van der Waals surface area contributed by atoms with Crippen molar-refractivity contribution in [3.05, 3.63) is 42.0 Å². The summed E-state index contributed by atoms with van der Waals surface area (Å²) in [6.45, 7) is 7.22. The van der Waals surface area contributed by atoms with Gasteiger partial charge in [0.15, 0.2) is 17.2 Å². The minimum Gasteiger partial charge on any atom is -0.483 e. The lowest BCUT2D eigenvalue weighted by Gasteiger charge is -2.43. The fourth-order valence-corrected chi connectivity index (χ4v) is 4.26. The summed E-state index contributed by atoms with van der Waals surface area (Å²) in [6, 6.07) is 5.49. The molecule has 0 bridgehead atoms. The molecular weight excluding hydrogens is 382 g/mol. The van der Waals surface area contributed by atoms with Gasteiger partial charge in [0.2, 0.25) is 0 Å². The molecule has 1 aromatic carbocycles. The third-order valence-corrected chi connectivity index (χ3v) is 6.07. The highest BCUT2D eigenvalue weighted by Crippen LogP contribution is 2.39. The van der Waals surface area contributed by atoms with E-state index in [9.17, 15) is 9.59 Å². The zero-order valence-electron chi connectivity index (χ0n) is 17.4. The van der Waals surface area contributed by atoms with Crippen LogP contribution < -0.4 is 4.74 Å². The topological polar surface area (TPSA) is 93.1 Å². The number of hydrogen-bond acceptors (Lipinski definition) is 5. The number of ketones is 1. The normalized spacial score (nSPS) is 18.5. The number of amides is 1. The lowest BCUT2D eigenvalue weighted by Crippen LogP contribution is -2.52. The van der Waals surface area contributed by atoms with Gasteiger partial charge in [-0.3, -0.25) is 14.3 Å². The zero-order chi connectivity index (χ0) is 21.1. The molecule has 2 aliphatic rings. The number of aromatic amines is 1. The lowest BCUT2D eigenvalue weighted by atomic mass is 9.83. The molecule has 2 aliphatic heterocycles. The van der Waals surface area contributed by atoms with Crippen molar-refractivity contribution in [2.45, 2.75) is 51.2 Å². The van der Waals surface area contributed by atoms with Crippen LogP contribution in [0.5, 0.6) is 5.75 Å². The number of piperidine rings is 1. The van der Waals surface area contributed by atoms with Crippen LogP contribution in [-0.2, 0) is 5.54 Å². The number of benzene rings is 1. The number of nitrogens with one attached hydrogen (secondary N) is 1. The molecular formula is C22H25N5O3. The summed E-state index contributed by atoms with van der Waals surface area (Å²) in [5.41, 5.74) is 1.96. The van der Waals surface area contributed by atoms with Crippen molar-refractivity contribution in [2.75, 3.05) is 13.1 Å². The van der Waals surface area contributed by atoms with E-state index in [1.165, 1.54) is 0 Å². The first kappa shape index (κ1) is 18.8. The molecule has 8 heteroatoms. The number of Topliss-reactive ketones (excluding diaryl/α,β-unsaturated/α-hetero) is 1. The fraction of sp³-hybridized carbons (Fsp3) is 0.455. The average Bonchev–Trinajstić information content (AvgIpc) is 3.34. The molecule has 5 rings (SSSR count). The van der Waals surface area contributed by atoms with Gasteiger partial charge in [-0.25, -0.2) is 4.98 Å². The van der Waals surface area contributed by atoms with Gasteiger partial charge >= 0.3 is 0 Å². The van der Waals surface area contributed by atoms with Crippen LogP contribution in [0.25, 0.3) is 11.0 Å². The molecule has 0 saturated carbocycles. The first-order valence-electron chi connectivity index (χ1n) is 10.3. The number of carbonyl (C=O) groups excluding carboxylic acids is 2. The molecule has 8 nitrogen and oxygen atoms in total. The van der Waals surface area contributed by atoms with Crippen LogP contribution in [0.3, 0.4) is 0 Å². The van der Waals surface area contributed by atoms with Crippen LogP contribution >= 0.6 is 0 Å². The molecule has 1 saturated heterocycles. The summed E-state index contributed by atoms with van der Waals surface area (Å²) in [4.78, 5) is 34.8. The Morgan fingerprint density at radius 1 is 1.23 bits per heavy atom. The van der Waals surface area contributed by atoms with E-state index in [-0.39, 0.29) is 17.2 Å². The predicted molar refractivity (Wildman–Crippen MR) is 111 cm³/mol. The van der Waals surface area contributed by atoms with Gasteiger partial charge in [-0.1, -0.05) is 0 Å². The predicted octanol–water partition coefficient (Wildman–Crippen LogP) is 3.15. The van der Waals surface area contributed by atoms with Gasteiger partial charge in [-0.2, -0.15) is 5.10 Å². The second kappa shape index (κ2) is 6.42. The number of carbonyl (C=O) groups is 2. The van der Waals surface area contributed by atoms with Gasteiger partial charge in [-0.05, 0) is 39.0 Å². The molecule has 0 radical (unpaired) electrons. The third-order valence-electron chi connectivity index (χ3n) is 6.07. The molecule has 0 atom stereocenters. The maximum Gasteiger partial charge on any atom is 0.253 e. The monoisotopic (exact) mass is 407 g/mol. The Morgan fingerprint density at radius 2 is 2.00 bits per heavy atom. The summed E-state index contributed by atoms with van der Waals surface area (Å²) >= 11 is 0. The number of aromatic nitrogens is 4. The van der Waals surface area contributed by atoms with E-state index >= 15 is 0 Å². The van der Waals surface area contributed by atoms with Crippen molar-refractivity contribution in [3.8, 4) is 5.75 Å². The van der Waals surface area contributed by atoms with E-state index in [4.69, 9.17) is 4.74 Å². The van der Waals surface area contributed by atoms with Gasteiger partial charge in [0, 0.05) is 31.5 Å². The highest BCUT2D eigenvalue weighted by Gasteiger charge is 2.45. The van der Waals surface area contributed by atoms with E-state index in [0.717, 1.165) is 11.0 Å². The molecule has 1 spiro atoms. The minimum absolute atomic E-state index is 0.00951. The Hall–Kier alpha value is -3.16. The van der Waals surface area contributed by atoms with Gasteiger partial charge in [0.25, 0.3) is 5.91 Å². The molecule has 3 aromatic rings. The lowest BCUT2D eigenvalue weighted by molar-refractivity contribution is -0.00585. The molecule has 1 amide bonds. The number of rotatable bonds is 1. The summed E-state index contributed by atoms with van der Waals surface area (Å²) in [5, 5.41) is 4.45. The van der Waals surface area contributed by atoms with E-state index in [1.54, 1.807) is 11.0 Å². The number of H-pyrrole nitrogens is 1. The molecule has 30 heavy (non-hydrogen) atoms. The second-order valence-electron chi connectivity index (χ2n) is 9.27. The van der Waals surface area contributed by atoms with Crippen molar-refractivity contribution >= 4 is 22.7 Å². The van der Waals surface area contributed by atoms with Gasteiger partial charge in [0.05, 0.1) is 35.5 Å². The summed E-state index contributed by atoms with van der Waals surface area (Å²) in [5.74, 6) is 0.569. The Morgan fingerprint density at radius 3 is 2.73 bits per heavy atom. The first-order chi connectivity index (χ1) is 14.2. The highest BCUT2D eigenvalue weighted by molar-refractivity contribution is 5.99. The Kier molecular flexibility index (Phi) is 4.03. The second-order valence-corrected chi connectivity index (χ2v) is 9.27. The van der Waals surface area contributed by atoms with Crippen LogP contribution in [-0.4, -0.2) is 55.0 Å². The van der Waals surface area contributed by atoms with Crippen molar-refractivity contribution < 1.29 is 14.3 Å². The van der Waals surface area contributed by atoms with Crippen LogP contribution in [0.1, 0.15) is 60.9 Å². The Bertz CT molecular complexity index is 1150. The fourth-order valence-electron chi connectivity index (χ4n) is 4.26. The summed E-state index contributed by atoms with van der Waals surface area (Å²) < 4.78 is 8.12. The zero-order valence-corrected chi connectivity index (χ0v) is 17.4. The van der Waals surface area contributed by atoms with Crippen molar-refractivity contribution in [1.29, 1.82) is 0 Å². The highest BCUT2D eigenvalue weighted by atomic mass is 16.5. The van der Waals surface area contributed by atoms with Crippen LogP contribution in [0.15, 0.2) is 30.7 Å². The molecule has 4 heterocycles. The third kappa shape index (κ3) is 3.07. The largest absolute Gasteiger partial charge is 0.483 e. The quantitative estimate of drug-likeness (QED) is 0.669. The number of fused-ring (bicyclic) bond motifs is 2. The van der Waals surface area contributed by atoms with Gasteiger partial charge in [-0.15, -0.1) is 0 Å². The Balaban J connectivity index is 1.32. The van der Waals surface area contributed by atoms with Crippen molar-refractivity contribution in [3.63, 3.8) is 0 Å². The SMILES string of the molecule is CC(C)(C)n1cc2c(n1)C(=O)CC1(CCN(C(=O)c3ccc4nc[nH]c4c3)CC1)O2. The number of nitrogens with zero attached hydrogens (tertiary/aromatic N) is 4. The number of imidazole rings is 1. The molecule has 0 aliphatic carbocycles. The maximum absolute atomic E-state index is 13.0. The standard InChI is InChI=1S/C22H25N5O3/c1-21(2,3)27-12-18-19(25-27)17(28)11-22(30-18)6-8-26(9-7-22)20(29)14-4-5-15-16(10-14)24-13-23-15/h4-5,10,12-13H,6-9,11H2,1-3H3,(H,23,24). The van der Waals surface area contributed by atoms with Gasteiger partial charge < -0.3 is 14.6 Å². The molecule has 2 aromatic heterocycles. The van der Waals surface area contributed by atoms with Crippen molar-refractivity contribution in [1.82, 2.24) is 24.6 Å².